The number of carbonyl (C=O) groups excluding carboxylic acids is 1. The number of aliphatic carboxylic acids is 1. The molecule has 0 unspecified atom stereocenters. The second-order valence-corrected chi connectivity index (χ2v) is 7.15. The van der Waals surface area contributed by atoms with Gasteiger partial charge in [-0.2, -0.15) is 0 Å². The van der Waals surface area contributed by atoms with Gasteiger partial charge in [-0.25, -0.2) is 4.79 Å². The molecule has 0 atom stereocenters. The lowest BCUT2D eigenvalue weighted by Crippen LogP contribution is -2.24. The van der Waals surface area contributed by atoms with Crippen molar-refractivity contribution in [3.8, 4) is 11.5 Å². The van der Waals surface area contributed by atoms with Crippen LogP contribution in [-0.4, -0.2) is 24.1 Å². The third-order valence-electron chi connectivity index (χ3n) is 3.38. The highest BCUT2D eigenvalue weighted by Gasteiger charge is 2.14. The molecule has 142 valence electrons. The summed E-state index contributed by atoms with van der Waals surface area (Å²) in [5, 5.41) is 11.7. The topological polar surface area (TPSA) is 84.9 Å². The molecule has 0 saturated carbocycles. The van der Waals surface area contributed by atoms with Crippen molar-refractivity contribution in [3.05, 3.63) is 61.8 Å². The number of benzene rings is 2. The lowest BCUT2D eigenvalue weighted by atomic mass is 10.1. The van der Waals surface area contributed by atoms with E-state index in [2.05, 4.69) is 27.9 Å². The maximum absolute atomic E-state index is 11.3. The predicted molar refractivity (Wildman–Crippen MR) is 111 cm³/mol. The Kier molecular flexibility index (Phi) is 7.49. The summed E-state index contributed by atoms with van der Waals surface area (Å²) in [5.41, 5.74) is 1.15. The lowest BCUT2D eigenvalue weighted by Gasteiger charge is -2.14. The van der Waals surface area contributed by atoms with Crippen LogP contribution in [0.2, 0.25) is 5.02 Å². The number of hydrogen-bond donors (Lipinski definition) is 2. The molecule has 2 aromatic carbocycles. The molecule has 1 amide bonds. The molecule has 0 saturated heterocycles. The first-order valence-electron chi connectivity index (χ1n) is 7.77. The van der Waals surface area contributed by atoms with Gasteiger partial charge in [-0.3, -0.25) is 4.79 Å². The van der Waals surface area contributed by atoms with E-state index in [0.29, 0.717) is 23.7 Å². The van der Waals surface area contributed by atoms with Gasteiger partial charge in [0, 0.05) is 10.5 Å². The molecular formula is C19H17ClINO5. The van der Waals surface area contributed by atoms with Crippen LogP contribution in [0.1, 0.15) is 18.1 Å². The van der Waals surface area contributed by atoms with Gasteiger partial charge in [0.15, 0.2) is 11.5 Å². The van der Waals surface area contributed by atoms with Gasteiger partial charge >= 0.3 is 5.97 Å². The third kappa shape index (κ3) is 6.14. The fourth-order valence-electron chi connectivity index (χ4n) is 2.25. The monoisotopic (exact) mass is 501 g/mol. The molecule has 0 aliphatic carbocycles. The molecule has 6 nitrogen and oxygen atoms in total. The minimum absolute atomic E-state index is 0.263. The van der Waals surface area contributed by atoms with E-state index in [1.165, 1.54) is 20.1 Å². The summed E-state index contributed by atoms with van der Waals surface area (Å²) in [4.78, 5) is 22.4. The zero-order valence-electron chi connectivity index (χ0n) is 14.6. The number of carbonyl (C=O) groups is 2. The van der Waals surface area contributed by atoms with Gasteiger partial charge in [0.25, 0.3) is 0 Å². The van der Waals surface area contributed by atoms with Crippen molar-refractivity contribution in [2.75, 3.05) is 7.11 Å². The summed E-state index contributed by atoms with van der Waals surface area (Å²) in [5.74, 6) is -1.04. The zero-order chi connectivity index (χ0) is 20.0. The minimum atomic E-state index is -1.26. The molecule has 0 radical (unpaired) electrons. The van der Waals surface area contributed by atoms with E-state index in [-0.39, 0.29) is 10.7 Å². The summed E-state index contributed by atoms with van der Waals surface area (Å²) in [6.07, 6.45) is 1.29. The number of hydrogen-bond acceptors (Lipinski definition) is 4. The fraction of sp³-hybridized carbons (Fsp3) is 0.158. The number of amides is 1. The largest absolute Gasteiger partial charge is 0.493 e. The van der Waals surface area contributed by atoms with Crippen molar-refractivity contribution >= 4 is 52.1 Å². The number of methoxy groups -OCH3 is 1. The quantitative estimate of drug-likeness (QED) is 0.441. The van der Waals surface area contributed by atoms with Crippen molar-refractivity contribution in [1.29, 1.82) is 0 Å². The molecule has 27 heavy (non-hydrogen) atoms. The number of ether oxygens (including phenoxy) is 2. The summed E-state index contributed by atoms with van der Waals surface area (Å²) in [6.45, 7) is 1.53. The summed E-state index contributed by atoms with van der Waals surface area (Å²) in [6, 6.07) is 11.0. The molecule has 2 rings (SSSR count). The van der Waals surface area contributed by atoms with Gasteiger partial charge < -0.3 is 19.9 Å². The summed E-state index contributed by atoms with van der Waals surface area (Å²) < 4.78 is 12.2. The van der Waals surface area contributed by atoms with Gasteiger partial charge in [0.1, 0.15) is 12.3 Å². The molecule has 0 aliphatic rings. The van der Waals surface area contributed by atoms with Crippen LogP contribution in [0.5, 0.6) is 11.5 Å². The maximum atomic E-state index is 11.3. The molecule has 0 heterocycles. The van der Waals surface area contributed by atoms with E-state index in [4.69, 9.17) is 21.1 Å². The number of carboxylic acid groups (broad SMARTS) is 1. The fourth-order valence-corrected chi connectivity index (χ4v) is 3.13. The Morgan fingerprint density at radius 2 is 2.04 bits per heavy atom. The van der Waals surface area contributed by atoms with Crippen LogP contribution in [0.15, 0.2) is 42.1 Å². The first-order chi connectivity index (χ1) is 12.8. The molecular weight excluding hydrogens is 485 g/mol. The number of halogens is 2. The van der Waals surface area contributed by atoms with E-state index in [9.17, 15) is 14.7 Å². The van der Waals surface area contributed by atoms with Crippen molar-refractivity contribution in [3.63, 3.8) is 0 Å². The Hall–Kier alpha value is -2.26. The van der Waals surface area contributed by atoms with Crippen LogP contribution in [-0.2, 0) is 16.2 Å². The standard InChI is InChI=1S/C19H17ClINO5/c1-11(23)22-16(19(24)25)8-13-7-15(20)18(17(9-13)26-2)27-10-12-4-3-5-14(21)6-12/h3-9H,10H2,1-2H3,(H,22,23)(H,24,25)/b16-8+. The van der Waals surface area contributed by atoms with E-state index in [0.717, 1.165) is 9.13 Å². The molecule has 0 aliphatic heterocycles. The molecule has 2 N–H and O–H groups in total. The number of carboxylic acids is 1. The highest BCUT2D eigenvalue weighted by Crippen LogP contribution is 2.37. The predicted octanol–water partition coefficient (Wildman–Crippen LogP) is 4.09. The van der Waals surface area contributed by atoms with Crippen molar-refractivity contribution in [2.24, 2.45) is 0 Å². The Bertz CT molecular complexity index is 898. The number of rotatable bonds is 7. The van der Waals surface area contributed by atoms with Crippen molar-refractivity contribution in [2.45, 2.75) is 13.5 Å². The van der Waals surface area contributed by atoms with Crippen LogP contribution >= 0.6 is 34.2 Å². The van der Waals surface area contributed by atoms with Gasteiger partial charge in [-0.05, 0) is 64.1 Å². The highest BCUT2D eigenvalue weighted by molar-refractivity contribution is 14.1. The van der Waals surface area contributed by atoms with Crippen molar-refractivity contribution in [1.82, 2.24) is 5.32 Å². The Balaban J connectivity index is 2.30. The molecule has 0 spiro atoms. The van der Waals surface area contributed by atoms with Crippen LogP contribution in [0.3, 0.4) is 0 Å². The molecule has 2 aromatic rings. The minimum Gasteiger partial charge on any atom is -0.493 e. The summed E-state index contributed by atoms with van der Waals surface area (Å²) >= 11 is 8.53. The van der Waals surface area contributed by atoms with Gasteiger partial charge in [-0.15, -0.1) is 0 Å². The smallest absolute Gasteiger partial charge is 0.352 e. The van der Waals surface area contributed by atoms with E-state index in [1.54, 1.807) is 12.1 Å². The van der Waals surface area contributed by atoms with E-state index in [1.807, 2.05) is 24.3 Å². The number of nitrogens with one attached hydrogen (secondary N) is 1. The SMILES string of the molecule is COc1cc(/C=C(/NC(C)=O)C(=O)O)cc(Cl)c1OCc1cccc(I)c1. The summed E-state index contributed by atoms with van der Waals surface area (Å²) in [7, 11) is 1.46. The van der Waals surface area contributed by atoms with Gasteiger partial charge in [-0.1, -0.05) is 23.7 Å². The lowest BCUT2D eigenvalue weighted by molar-refractivity contribution is -0.134. The van der Waals surface area contributed by atoms with Crippen LogP contribution in [0, 0.1) is 3.57 Å². The second kappa shape index (κ2) is 9.61. The molecule has 8 heteroatoms. The average molecular weight is 502 g/mol. The van der Waals surface area contributed by atoms with Crippen LogP contribution in [0.25, 0.3) is 6.08 Å². The first-order valence-corrected chi connectivity index (χ1v) is 9.23. The van der Waals surface area contributed by atoms with Crippen molar-refractivity contribution < 1.29 is 24.2 Å². The second-order valence-electron chi connectivity index (χ2n) is 5.50. The average Bonchev–Trinajstić information content (AvgIpc) is 2.59. The Morgan fingerprint density at radius 1 is 1.30 bits per heavy atom. The van der Waals surface area contributed by atoms with Gasteiger partial charge in [0.2, 0.25) is 5.91 Å². The Labute approximate surface area is 175 Å². The highest BCUT2D eigenvalue weighted by atomic mass is 127. The van der Waals surface area contributed by atoms with Crippen LogP contribution in [0.4, 0.5) is 0 Å². The van der Waals surface area contributed by atoms with Crippen LogP contribution < -0.4 is 14.8 Å². The molecule has 0 fully saturated rings. The first kappa shape index (κ1) is 21.0. The molecule has 0 bridgehead atoms. The Morgan fingerprint density at radius 3 is 2.63 bits per heavy atom. The van der Waals surface area contributed by atoms with Gasteiger partial charge in [0.05, 0.1) is 12.1 Å². The normalized spacial score (nSPS) is 11.0. The zero-order valence-corrected chi connectivity index (χ0v) is 17.5. The molecule has 0 aromatic heterocycles. The van der Waals surface area contributed by atoms with E-state index < -0.39 is 11.9 Å². The maximum Gasteiger partial charge on any atom is 0.352 e. The third-order valence-corrected chi connectivity index (χ3v) is 4.33. The van der Waals surface area contributed by atoms with E-state index >= 15 is 0 Å².